The van der Waals surface area contributed by atoms with E-state index < -0.39 is 5.82 Å². The average molecular weight is 287 g/mol. The molecule has 0 fully saturated rings. The van der Waals surface area contributed by atoms with Crippen molar-refractivity contribution < 1.29 is 9.18 Å². The van der Waals surface area contributed by atoms with Crippen molar-refractivity contribution in [1.82, 2.24) is 9.88 Å². The summed E-state index contributed by atoms with van der Waals surface area (Å²) in [5, 5.41) is 0. The van der Waals surface area contributed by atoms with Gasteiger partial charge in [0.25, 0.3) is 5.91 Å². The van der Waals surface area contributed by atoms with E-state index in [4.69, 9.17) is 5.73 Å². The maximum absolute atomic E-state index is 13.3. The number of benzene rings is 1. The summed E-state index contributed by atoms with van der Waals surface area (Å²) in [6, 6.07) is 10.7. The molecule has 2 rings (SSSR count). The number of nitrogen functional groups attached to an aromatic ring is 1. The number of carbonyl (C=O) groups excluding carboxylic acids is 1. The summed E-state index contributed by atoms with van der Waals surface area (Å²) >= 11 is 0. The van der Waals surface area contributed by atoms with Crippen LogP contribution in [0.4, 0.5) is 10.2 Å². The van der Waals surface area contributed by atoms with Gasteiger partial charge in [-0.3, -0.25) is 4.79 Å². The number of halogens is 1. The molecule has 1 amide bonds. The summed E-state index contributed by atoms with van der Waals surface area (Å²) in [4.78, 5) is 17.9. The lowest BCUT2D eigenvalue weighted by atomic mass is 10.1. The summed E-state index contributed by atoms with van der Waals surface area (Å²) in [6.45, 7) is 4.25. The Morgan fingerprint density at radius 2 is 2.00 bits per heavy atom. The summed E-state index contributed by atoms with van der Waals surface area (Å²) in [5.74, 6) is -0.852. The van der Waals surface area contributed by atoms with E-state index in [1.165, 1.54) is 0 Å². The Kier molecular flexibility index (Phi) is 4.52. The predicted octanol–water partition coefficient (Wildman–Crippen LogP) is 2.85. The van der Waals surface area contributed by atoms with Gasteiger partial charge in [0.1, 0.15) is 11.6 Å². The fourth-order valence-electron chi connectivity index (χ4n) is 2.04. The molecule has 0 aliphatic heterocycles. The molecule has 0 aliphatic rings. The number of pyridine rings is 1. The minimum Gasteiger partial charge on any atom is -0.383 e. The summed E-state index contributed by atoms with van der Waals surface area (Å²) in [7, 11) is 0. The predicted molar refractivity (Wildman–Crippen MR) is 80.1 cm³/mol. The molecule has 2 N–H and O–H groups in total. The van der Waals surface area contributed by atoms with Crippen molar-refractivity contribution in [3.05, 3.63) is 59.5 Å². The van der Waals surface area contributed by atoms with Gasteiger partial charge < -0.3 is 10.6 Å². The molecule has 1 heterocycles. The van der Waals surface area contributed by atoms with Crippen LogP contribution in [0.1, 0.15) is 29.8 Å². The molecule has 2 aromatic rings. The maximum Gasteiger partial charge on any atom is 0.258 e. The minimum absolute atomic E-state index is 0.0413. The lowest BCUT2D eigenvalue weighted by Crippen LogP contribution is -2.37. The van der Waals surface area contributed by atoms with Crippen LogP contribution in [-0.2, 0) is 6.54 Å². The standard InChI is InChI=1S/C16H18FN3O/c1-11(2)20(10-12-6-4-3-5-7-12)16(21)14-8-13(17)9-19-15(14)18/h3-9,11H,10H2,1-2H3,(H2,18,19). The molecule has 1 aromatic carbocycles. The van der Waals surface area contributed by atoms with Crippen molar-refractivity contribution in [1.29, 1.82) is 0 Å². The van der Waals surface area contributed by atoms with E-state index in [2.05, 4.69) is 4.98 Å². The van der Waals surface area contributed by atoms with Gasteiger partial charge in [-0.15, -0.1) is 0 Å². The van der Waals surface area contributed by atoms with Crippen molar-refractivity contribution in [2.45, 2.75) is 26.4 Å². The number of rotatable bonds is 4. The highest BCUT2D eigenvalue weighted by Crippen LogP contribution is 2.17. The van der Waals surface area contributed by atoms with Crippen LogP contribution in [0.5, 0.6) is 0 Å². The second-order valence-corrected chi connectivity index (χ2v) is 5.10. The van der Waals surface area contributed by atoms with Crippen LogP contribution in [0, 0.1) is 5.82 Å². The van der Waals surface area contributed by atoms with Gasteiger partial charge in [-0.25, -0.2) is 9.37 Å². The zero-order valence-electron chi connectivity index (χ0n) is 12.1. The Hall–Kier alpha value is -2.43. The van der Waals surface area contributed by atoms with Crippen LogP contribution in [0.2, 0.25) is 0 Å². The first kappa shape index (κ1) is 15.0. The summed E-state index contributed by atoms with van der Waals surface area (Å²) in [5.41, 5.74) is 6.80. The quantitative estimate of drug-likeness (QED) is 0.940. The molecule has 0 bridgehead atoms. The van der Waals surface area contributed by atoms with Gasteiger partial charge in [-0.05, 0) is 25.5 Å². The molecule has 21 heavy (non-hydrogen) atoms. The number of carbonyl (C=O) groups is 1. The Labute approximate surface area is 123 Å². The number of nitrogens with two attached hydrogens (primary N) is 1. The molecule has 0 saturated carbocycles. The third kappa shape index (κ3) is 3.56. The van der Waals surface area contributed by atoms with Gasteiger partial charge in [-0.2, -0.15) is 0 Å². The third-order valence-corrected chi connectivity index (χ3v) is 3.20. The van der Waals surface area contributed by atoms with Gasteiger partial charge in [0.15, 0.2) is 0 Å². The van der Waals surface area contributed by atoms with Gasteiger partial charge in [0, 0.05) is 12.6 Å². The minimum atomic E-state index is -0.573. The Morgan fingerprint density at radius 1 is 1.33 bits per heavy atom. The van der Waals surface area contributed by atoms with E-state index in [1.807, 2.05) is 44.2 Å². The lowest BCUT2D eigenvalue weighted by Gasteiger charge is -2.27. The number of amides is 1. The number of aromatic nitrogens is 1. The monoisotopic (exact) mass is 287 g/mol. The van der Waals surface area contributed by atoms with E-state index in [0.29, 0.717) is 6.54 Å². The molecule has 0 saturated heterocycles. The van der Waals surface area contributed by atoms with Crippen molar-refractivity contribution in [2.24, 2.45) is 0 Å². The topological polar surface area (TPSA) is 59.2 Å². The Morgan fingerprint density at radius 3 is 2.62 bits per heavy atom. The first-order chi connectivity index (χ1) is 9.99. The van der Waals surface area contributed by atoms with E-state index in [1.54, 1.807) is 4.90 Å². The van der Waals surface area contributed by atoms with Gasteiger partial charge >= 0.3 is 0 Å². The zero-order valence-corrected chi connectivity index (χ0v) is 12.1. The highest BCUT2D eigenvalue weighted by Gasteiger charge is 2.22. The molecule has 0 spiro atoms. The molecule has 0 unspecified atom stereocenters. The van der Waals surface area contributed by atoms with E-state index in [9.17, 15) is 9.18 Å². The molecule has 0 radical (unpaired) electrons. The van der Waals surface area contributed by atoms with Crippen LogP contribution >= 0.6 is 0 Å². The molecule has 4 nitrogen and oxygen atoms in total. The molecule has 110 valence electrons. The lowest BCUT2D eigenvalue weighted by molar-refractivity contribution is 0.0690. The summed E-state index contributed by atoms with van der Waals surface area (Å²) in [6.07, 6.45) is 1.00. The van der Waals surface area contributed by atoms with Gasteiger partial charge in [0.2, 0.25) is 0 Å². The van der Waals surface area contributed by atoms with Crippen molar-refractivity contribution in [2.75, 3.05) is 5.73 Å². The van der Waals surface area contributed by atoms with E-state index in [-0.39, 0.29) is 23.3 Å². The van der Waals surface area contributed by atoms with Crippen LogP contribution in [0.25, 0.3) is 0 Å². The fourth-order valence-corrected chi connectivity index (χ4v) is 2.04. The molecule has 0 atom stereocenters. The van der Waals surface area contributed by atoms with Crippen LogP contribution < -0.4 is 5.73 Å². The molecule has 1 aromatic heterocycles. The third-order valence-electron chi connectivity index (χ3n) is 3.20. The maximum atomic E-state index is 13.3. The largest absolute Gasteiger partial charge is 0.383 e. The fraction of sp³-hybridized carbons (Fsp3) is 0.250. The molecule has 5 heteroatoms. The number of hydrogen-bond donors (Lipinski definition) is 1. The van der Waals surface area contributed by atoms with Crippen LogP contribution in [0.15, 0.2) is 42.6 Å². The van der Waals surface area contributed by atoms with Crippen molar-refractivity contribution >= 4 is 11.7 Å². The van der Waals surface area contributed by atoms with Crippen LogP contribution in [-0.4, -0.2) is 21.8 Å². The van der Waals surface area contributed by atoms with Gasteiger partial charge in [0.05, 0.1) is 11.8 Å². The Balaban J connectivity index is 2.30. The second kappa shape index (κ2) is 6.35. The van der Waals surface area contributed by atoms with Crippen LogP contribution in [0.3, 0.4) is 0 Å². The average Bonchev–Trinajstić information content (AvgIpc) is 2.47. The SMILES string of the molecule is CC(C)N(Cc1ccccc1)C(=O)c1cc(F)cnc1N. The Bertz CT molecular complexity index is 629. The first-order valence-electron chi connectivity index (χ1n) is 6.75. The molecule has 0 aliphatic carbocycles. The molecular formula is C16H18FN3O. The smallest absolute Gasteiger partial charge is 0.258 e. The highest BCUT2D eigenvalue weighted by molar-refractivity contribution is 5.98. The normalized spacial score (nSPS) is 10.7. The van der Waals surface area contributed by atoms with E-state index in [0.717, 1.165) is 17.8 Å². The number of anilines is 1. The summed E-state index contributed by atoms with van der Waals surface area (Å²) < 4.78 is 13.3. The number of hydrogen-bond acceptors (Lipinski definition) is 3. The van der Waals surface area contributed by atoms with Gasteiger partial charge in [-0.1, -0.05) is 30.3 Å². The van der Waals surface area contributed by atoms with Crippen molar-refractivity contribution in [3.63, 3.8) is 0 Å². The highest BCUT2D eigenvalue weighted by atomic mass is 19.1. The number of nitrogens with zero attached hydrogens (tertiary/aromatic N) is 2. The molecular weight excluding hydrogens is 269 g/mol. The van der Waals surface area contributed by atoms with E-state index >= 15 is 0 Å². The van der Waals surface area contributed by atoms with Crippen molar-refractivity contribution in [3.8, 4) is 0 Å². The zero-order chi connectivity index (χ0) is 15.4. The second-order valence-electron chi connectivity index (χ2n) is 5.10. The first-order valence-corrected chi connectivity index (χ1v) is 6.75.